The number of carbonyl (C=O) groups excluding carboxylic acids is 1. The minimum atomic E-state index is -0.994. The van der Waals surface area contributed by atoms with Gasteiger partial charge in [0, 0.05) is 38.0 Å². The van der Waals surface area contributed by atoms with Gasteiger partial charge in [-0.05, 0) is 34.1 Å². The predicted molar refractivity (Wildman–Crippen MR) is 130 cm³/mol. The second-order valence-electron chi connectivity index (χ2n) is 9.02. The summed E-state index contributed by atoms with van der Waals surface area (Å²) in [6.07, 6.45) is 0.272. The number of anilines is 1. The maximum atomic E-state index is 12.8. The summed E-state index contributed by atoms with van der Waals surface area (Å²) in [6.45, 7) is 9.18. The summed E-state index contributed by atoms with van der Waals surface area (Å²) < 4.78 is 5.65. The molecule has 9 nitrogen and oxygen atoms in total. The van der Waals surface area contributed by atoms with Crippen LogP contribution in [-0.4, -0.2) is 64.8 Å². The van der Waals surface area contributed by atoms with Crippen LogP contribution in [0.3, 0.4) is 0 Å². The fraction of sp³-hybridized carbons (Fsp3) is 0.571. The molecule has 2 aromatic rings. The van der Waals surface area contributed by atoms with Gasteiger partial charge in [-0.2, -0.15) is 0 Å². The third kappa shape index (κ3) is 5.99. The number of carboxylic acids is 1. The fourth-order valence-corrected chi connectivity index (χ4v) is 4.95. The molecule has 4 N–H and O–H groups in total. The second kappa shape index (κ2) is 10.2. The number of H-pyrrole nitrogens is 1. The quantitative estimate of drug-likeness (QED) is 0.441. The third-order valence-corrected chi connectivity index (χ3v) is 7.49. The van der Waals surface area contributed by atoms with Gasteiger partial charge < -0.3 is 30.4 Å². The number of piperidine rings is 1. The van der Waals surface area contributed by atoms with Crippen molar-refractivity contribution in [3.05, 3.63) is 32.0 Å². The zero-order valence-electron chi connectivity index (χ0n) is 19.2. The van der Waals surface area contributed by atoms with Crippen molar-refractivity contribution < 1.29 is 19.4 Å². The smallest absolute Gasteiger partial charge is 0.347 e. The Hall–Kier alpha value is -1.85. The van der Waals surface area contributed by atoms with E-state index in [4.69, 9.17) is 27.9 Å². The number of ether oxygens (including phenoxy) is 1. The molecule has 1 aliphatic rings. The summed E-state index contributed by atoms with van der Waals surface area (Å²) in [5.74, 6) is -1.35. The van der Waals surface area contributed by atoms with Crippen LogP contribution < -0.4 is 15.5 Å². The Morgan fingerprint density at radius 2 is 2.03 bits per heavy atom. The van der Waals surface area contributed by atoms with E-state index >= 15 is 0 Å². The molecule has 0 spiro atoms. The highest BCUT2D eigenvalue weighted by molar-refractivity contribution is 7.17. The lowest BCUT2D eigenvalue weighted by atomic mass is 10.0. The van der Waals surface area contributed by atoms with Gasteiger partial charge in [-0.3, -0.25) is 4.79 Å². The number of aromatic carboxylic acids is 1. The monoisotopic (exact) mass is 517 g/mol. The Morgan fingerprint density at radius 3 is 2.58 bits per heavy atom. The summed E-state index contributed by atoms with van der Waals surface area (Å²) in [5, 5.41) is 17.0. The van der Waals surface area contributed by atoms with Crippen molar-refractivity contribution >= 4 is 51.5 Å². The van der Waals surface area contributed by atoms with E-state index < -0.39 is 5.97 Å². The molecular weight excluding hydrogens is 489 g/mol. The molecule has 1 saturated heterocycles. The van der Waals surface area contributed by atoms with Crippen molar-refractivity contribution in [2.45, 2.75) is 58.3 Å². The van der Waals surface area contributed by atoms with Crippen molar-refractivity contribution in [1.82, 2.24) is 20.6 Å². The van der Waals surface area contributed by atoms with Crippen LogP contribution in [-0.2, 0) is 11.3 Å². The SMILES string of the molecule is CO[C@H]1CN(c2nc(CNC(C)(C)C)c(C(=O)O)s2)CC[C@H]1NC(=O)c1[nH]c(C)c(Cl)c1Cl. The highest BCUT2D eigenvalue weighted by Gasteiger charge is 2.34. The van der Waals surface area contributed by atoms with Crippen molar-refractivity contribution in [2.24, 2.45) is 0 Å². The average molecular weight is 518 g/mol. The van der Waals surface area contributed by atoms with Crippen LogP contribution in [0.2, 0.25) is 10.0 Å². The van der Waals surface area contributed by atoms with Gasteiger partial charge in [-0.15, -0.1) is 0 Å². The summed E-state index contributed by atoms with van der Waals surface area (Å²) in [7, 11) is 1.58. The van der Waals surface area contributed by atoms with Crippen molar-refractivity contribution in [3.63, 3.8) is 0 Å². The molecule has 0 aromatic carbocycles. The van der Waals surface area contributed by atoms with Crippen LogP contribution >= 0.6 is 34.5 Å². The molecule has 0 bridgehead atoms. The highest BCUT2D eigenvalue weighted by Crippen LogP contribution is 2.31. The molecule has 0 unspecified atom stereocenters. The van der Waals surface area contributed by atoms with E-state index in [0.717, 1.165) is 11.3 Å². The number of halogens is 2. The van der Waals surface area contributed by atoms with Gasteiger partial charge in [0.15, 0.2) is 5.13 Å². The Labute approximate surface area is 206 Å². The lowest BCUT2D eigenvalue weighted by Crippen LogP contribution is -2.55. The van der Waals surface area contributed by atoms with Crippen LogP contribution in [0.1, 0.15) is 58.7 Å². The van der Waals surface area contributed by atoms with Gasteiger partial charge in [-0.25, -0.2) is 9.78 Å². The first kappa shape index (κ1) is 25.8. The molecule has 3 rings (SSSR count). The maximum Gasteiger partial charge on any atom is 0.347 e. The minimum Gasteiger partial charge on any atom is -0.477 e. The van der Waals surface area contributed by atoms with Crippen LogP contribution in [0.15, 0.2) is 0 Å². The van der Waals surface area contributed by atoms with Crippen LogP contribution in [0.4, 0.5) is 5.13 Å². The number of amides is 1. The van der Waals surface area contributed by atoms with Gasteiger partial charge in [0.05, 0.1) is 27.9 Å². The highest BCUT2D eigenvalue weighted by atomic mass is 35.5. The van der Waals surface area contributed by atoms with E-state index in [0.29, 0.717) is 47.6 Å². The minimum absolute atomic E-state index is 0.165. The van der Waals surface area contributed by atoms with Crippen molar-refractivity contribution in [1.29, 1.82) is 0 Å². The zero-order valence-corrected chi connectivity index (χ0v) is 21.5. The molecule has 12 heteroatoms. The summed E-state index contributed by atoms with van der Waals surface area (Å²) in [5.41, 5.74) is 1.19. The molecule has 0 radical (unpaired) electrons. The topological polar surface area (TPSA) is 120 Å². The van der Waals surface area contributed by atoms with Gasteiger partial charge >= 0.3 is 5.97 Å². The lowest BCUT2D eigenvalue weighted by molar-refractivity contribution is 0.0540. The normalized spacial score (nSPS) is 19.1. The summed E-state index contributed by atoms with van der Waals surface area (Å²) in [4.78, 5) is 34.2. The number of carbonyl (C=O) groups is 2. The van der Waals surface area contributed by atoms with Gasteiger partial charge in [0.1, 0.15) is 10.6 Å². The molecule has 0 aliphatic carbocycles. The van der Waals surface area contributed by atoms with Crippen LogP contribution in [0.25, 0.3) is 0 Å². The Bertz CT molecular complexity index is 1030. The van der Waals surface area contributed by atoms with E-state index in [9.17, 15) is 14.7 Å². The number of aromatic nitrogens is 2. The van der Waals surface area contributed by atoms with E-state index in [2.05, 4.69) is 20.6 Å². The molecule has 33 heavy (non-hydrogen) atoms. The lowest BCUT2D eigenvalue weighted by Gasteiger charge is -2.37. The third-order valence-electron chi connectivity index (χ3n) is 5.40. The summed E-state index contributed by atoms with van der Waals surface area (Å²) in [6, 6.07) is -0.252. The van der Waals surface area contributed by atoms with E-state index in [1.54, 1.807) is 14.0 Å². The number of rotatable bonds is 7. The number of aryl methyl sites for hydroxylation is 1. The number of nitrogens with zero attached hydrogens (tertiary/aromatic N) is 2. The largest absolute Gasteiger partial charge is 0.477 e. The predicted octanol–water partition coefficient (Wildman–Crippen LogP) is 3.70. The first-order valence-corrected chi connectivity index (χ1v) is 12.1. The standard InChI is InChI=1S/C21H29Cl2N5O4S/c1-10-14(22)15(23)16(25-10)18(29)26-11-6-7-28(9-13(11)32-5)20-27-12(8-24-21(2,3)4)17(33-20)19(30)31/h11,13,24-25H,6-9H2,1-5H3,(H,26,29)(H,30,31)/t11-,13+/m1/s1. The number of hydrogen-bond donors (Lipinski definition) is 4. The molecule has 3 heterocycles. The maximum absolute atomic E-state index is 12.8. The number of thiazole rings is 1. The number of carboxylic acid groups (broad SMARTS) is 1. The van der Waals surface area contributed by atoms with E-state index in [1.807, 2.05) is 25.7 Å². The first-order chi connectivity index (χ1) is 15.4. The Morgan fingerprint density at radius 1 is 1.33 bits per heavy atom. The molecule has 1 aliphatic heterocycles. The van der Waals surface area contributed by atoms with E-state index in [1.165, 1.54) is 0 Å². The summed E-state index contributed by atoms with van der Waals surface area (Å²) >= 11 is 13.4. The van der Waals surface area contributed by atoms with Gasteiger partial charge in [0.25, 0.3) is 5.91 Å². The Kier molecular flexibility index (Phi) is 7.95. The number of nitrogens with one attached hydrogen (secondary N) is 3. The fourth-order valence-electron chi connectivity index (χ4n) is 3.57. The molecule has 2 aromatic heterocycles. The number of hydrogen-bond acceptors (Lipinski definition) is 7. The molecular formula is C21H29Cl2N5O4S. The number of methoxy groups -OCH3 is 1. The average Bonchev–Trinajstić information content (AvgIpc) is 3.29. The molecule has 2 atom stereocenters. The second-order valence-corrected chi connectivity index (χ2v) is 10.8. The molecule has 1 amide bonds. The van der Waals surface area contributed by atoms with Gasteiger partial charge in [0.2, 0.25) is 0 Å². The van der Waals surface area contributed by atoms with Gasteiger partial charge in [-0.1, -0.05) is 34.5 Å². The Balaban J connectivity index is 1.72. The number of aromatic amines is 1. The zero-order chi connectivity index (χ0) is 24.5. The van der Waals surface area contributed by atoms with Crippen LogP contribution in [0, 0.1) is 6.92 Å². The molecule has 0 saturated carbocycles. The molecule has 182 valence electrons. The van der Waals surface area contributed by atoms with Crippen LogP contribution in [0.5, 0.6) is 0 Å². The molecule has 1 fully saturated rings. The van der Waals surface area contributed by atoms with E-state index in [-0.39, 0.29) is 39.2 Å². The van der Waals surface area contributed by atoms with Crippen molar-refractivity contribution in [3.8, 4) is 0 Å². The van der Waals surface area contributed by atoms with Crippen molar-refractivity contribution in [2.75, 3.05) is 25.1 Å². The first-order valence-electron chi connectivity index (χ1n) is 10.5.